The van der Waals surface area contributed by atoms with E-state index >= 15 is 0 Å². The van der Waals surface area contributed by atoms with Gasteiger partial charge in [0.1, 0.15) is 0 Å². The van der Waals surface area contributed by atoms with Gasteiger partial charge in [0.2, 0.25) is 0 Å². The molecule has 0 aliphatic carbocycles. The summed E-state index contributed by atoms with van der Waals surface area (Å²) in [5, 5.41) is 3.45. The summed E-state index contributed by atoms with van der Waals surface area (Å²) in [5.41, 5.74) is 1.76. The number of hydrogen-bond donors (Lipinski definition) is 1. The van der Waals surface area contributed by atoms with Crippen LogP contribution < -0.4 is 14.8 Å². The van der Waals surface area contributed by atoms with Crippen molar-refractivity contribution in [1.82, 2.24) is 10.2 Å². The average molecular weight is 435 g/mol. The quantitative estimate of drug-likeness (QED) is 0.493. The van der Waals surface area contributed by atoms with Crippen molar-refractivity contribution < 1.29 is 19.0 Å². The van der Waals surface area contributed by atoms with Crippen molar-refractivity contribution in [3.8, 4) is 11.5 Å². The van der Waals surface area contributed by atoms with E-state index in [9.17, 15) is 4.79 Å². The Balaban J connectivity index is 2.42. The van der Waals surface area contributed by atoms with Crippen LogP contribution in [-0.2, 0) is 11.2 Å². The van der Waals surface area contributed by atoms with Crippen molar-refractivity contribution in [2.75, 3.05) is 33.4 Å². The van der Waals surface area contributed by atoms with Gasteiger partial charge in [0, 0.05) is 44.3 Å². The van der Waals surface area contributed by atoms with Gasteiger partial charge >= 0.3 is 0 Å². The highest BCUT2D eigenvalue weighted by Crippen LogP contribution is 2.34. The van der Waals surface area contributed by atoms with Crippen molar-refractivity contribution >= 4 is 5.91 Å². The van der Waals surface area contributed by atoms with Crippen molar-refractivity contribution in [2.45, 2.75) is 84.9 Å². The van der Waals surface area contributed by atoms with Gasteiger partial charge in [-0.3, -0.25) is 4.79 Å². The van der Waals surface area contributed by atoms with Gasteiger partial charge in [-0.2, -0.15) is 0 Å². The van der Waals surface area contributed by atoms with Crippen molar-refractivity contribution in [1.29, 1.82) is 0 Å². The summed E-state index contributed by atoms with van der Waals surface area (Å²) in [4.78, 5) is 15.9. The maximum Gasteiger partial charge on any atom is 0.254 e. The molecule has 1 aliphatic heterocycles. The predicted octanol–water partition coefficient (Wildman–Crippen LogP) is 4.44. The smallest absolute Gasteiger partial charge is 0.254 e. The van der Waals surface area contributed by atoms with Crippen LogP contribution in [0.15, 0.2) is 12.1 Å². The second-order valence-corrected chi connectivity index (χ2v) is 8.87. The number of carbonyl (C=O) groups is 1. The molecule has 1 unspecified atom stereocenters. The van der Waals surface area contributed by atoms with Crippen molar-refractivity contribution in [2.24, 2.45) is 0 Å². The minimum absolute atomic E-state index is 0.0258. The maximum atomic E-state index is 13.8. The Morgan fingerprint density at radius 3 is 2.55 bits per heavy atom. The SMILES string of the molecule is CCCc1cc(OC(C)C)c(OCCCOC)cc1C(=O)N(C(C)C)C1CCCNC1. The molecule has 176 valence electrons. The maximum absolute atomic E-state index is 13.8. The first-order chi connectivity index (χ1) is 14.9. The van der Waals surface area contributed by atoms with Crippen molar-refractivity contribution in [3.63, 3.8) is 0 Å². The number of nitrogens with one attached hydrogen (secondary N) is 1. The zero-order valence-electron chi connectivity index (χ0n) is 20.3. The summed E-state index contributed by atoms with van der Waals surface area (Å²) in [7, 11) is 1.68. The number of aryl methyl sites for hydroxylation is 1. The summed E-state index contributed by atoms with van der Waals surface area (Å²) >= 11 is 0. The van der Waals surface area contributed by atoms with Crippen LogP contribution in [0, 0.1) is 0 Å². The number of ether oxygens (including phenoxy) is 3. The predicted molar refractivity (Wildman–Crippen MR) is 125 cm³/mol. The summed E-state index contributed by atoms with van der Waals surface area (Å²) in [6.45, 7) is 13.4. The number of rotatable bonds is 12. The van der Waals surface area contributed by atoms with Crippen LogP contribution in [0.25, 0.3) is 0 Å². The second kappa shape index (κ2) is 12.9. The van der Waals surface area contributed by atoms with E-state index in [1.54, 1.807) is 7.11 Å². The molecule has 0 bridgehead atoms. The molecule has 1 aliphatic rings. The summed E-state index contributed by atoms with van der Waals surface area (Å²) in [6.07, 6.45) is 4.73. The molecule has 0 spiro atoms. The largest absolute Gasteiger partial charge is 0.490 e. The van der Waals surface area contributed by atoms with Crippen LogP contribution in [0.3, 0.4) is 0 Å². The molecule has 1 saturated heterocycles. The third kappa shape index (κ3) is 7.39. The Morgan fingerprint density at radius 1 is 1.19 bits per heavy atom. The van der Waals surface area contributed by atoms with Crippen LogP contribution >= 0.6 is 0 Å². The van der Waals surface area contributed by atoms with Crippen LogP contribution in [-0.4, -0.2) is 62.4 Å². The minimum Gasteiger partial charge on any atom is -0.490 e. The highest BCUT2D eigenvalue weighted by atomic mass is 16.5. The first-order valence-corrected chi connectivity index (χ1v) is 11.9. The Morgan fingerprint density at radius 2 is 1.97 bits per heavy atom. The van der Waals surface area contributed by atoms with Crippen LogP contribution in [0.2, 0.25) is 0 Å². The Hall–Kier alpha value is -1.79. The molecule has 0 radical (unpaired) electrons. The van der Waals surface area contributed by atoms with E-state index in [4.69, 9.17) is 14.2 Å². The van der Waals surface area contributed by atoms with Crippen LogP contribution in [0.5, 0.6) is 11.5 Å². The molecule has 1 heterocycles. The molecule has 1 amide bonds. The van der Waals surface area contributed by atoms with E-state index in [1.165, 1.54) is 0 Å². The molecule has 6 nitrogen and oxygen atoms in total. The van der Waals surface area contributed by atoms with Gasteiger partial charge in [-0.25, -0.2) is 0 Å². The summed E-state index contributed by atoms with van der Waals surface area (Å²) < 4.78 is 17.3. The second-order valence-electron chi connectivity index (χ2n) is 8.87. The van der Waals surface area contributed by atoms with Gasteiger partial charge in [0.25, 0.3) is 5.91 Å². The molecule has 0 aromatic heterocycles. The highest BCUT2D eigenvalue weighted by molar-refractivity contribution is 5.97. The number of nitrogens with zero attached hydrogens (tertiary/aromatic N) is 1. The molecule has 31 heavy (non-hydrogen) atoms. The van der Waals surface area contributed by atoms with E-state index in [0.29, 0.717) is 24.7 Å². The van der Waals surface area contributed by atoms with E-state index < -0.39 is 0 Å². The summed E-state index contributed by atoms with van der Waals surface area (Å²) in [5.74, 6) is 1.44. The average Bonchev–Trinajstić information content (AvgIpc) is 2.72. The van der Waals surface area contributed by atoms with Crippen LogP contribution in [0.1, 0.15) is 76.2 Å². The molecule has 1 atom stereocenters. The highest BCUT2D eigenvalue weighted by Gasteiger charge is 2.30. The number of benzene rings is 1. The molecule has 1 aromatic rings. The number of methoxy groups -OCH3 is 1. The van der Waals surface area contributed by atoms with Gasteiger partial charge in [0.15, 0.2) is 11.5 Å². The van der Waals surface area contributed by atoms with E-state index in [0.717, 1.165) is 56.3 Å². The standard InChI is InChI=1S/C25H42N2O4/c1-7-10-20-15-24(31-19(4)5)23(30-14-9-13-29-6)16-22(20)25(28)27(18(2)3)21-11-8-12-26-17-21/h15-16,18-19,21,26H,7-14,17H2,1-6H3. The van der Waals surface area contributed by atoms with Gasteiger partial charge in [-0.05, 0) is 71.2 Å². The molecule has 1 aromatic carbocycles. The lowest BCUT2D eigenvalue weighted by Crippen LogP contribution is -2.51. The molecule has 6 heteroatoms. The van der Waals surface area contributed by atoms with Gasteiger partial charge < -0.3 is 24.4 Å². The molecule has 1 fully saturated rings. The number of hydrogen-bond acceptors (Lipinski definition) is 5. The van der Waals surface area contributed by atoms with Gasteiger partial charge in [0.05, 0.1) is 12.7 Å². The fourth-order valence-electron chi connectivity index (χ4n) is 4.15. The number of amides is 1. The normalized spacial score (nSPS) is 16.6. The lowest BCUT2D eigenvalue weighted by molar-refractivity contribution is 0.0571. The molecule has 1 N–H and O–H groups in total. The first-order valence-electron chi connectivity index (χ1n) is 11.9. The van der Waals surface area contributed by atoms with Crippen LogP contribution in [0.4, 0.5) is 0 Å². The lowest BCUT2D eigenvalue weighted by atomic mass is 9.97. The third-order valence-corrected chi connectivity index (χ3v) is 5.49. The fourth-order valence-corrected chi connectivity index (χ4v) is 4.15. The van der Waals surface area contributed by atoms with Crippen molar-refractivity contribution in [3.05, 3.63) is 23.3 Å². The monoisotopic (exact) mass is 434 g/mol. The molecular weight excluding hydrogens is 392 g/mol. The van der Waals surface area contributed by atoms with E-state index in [2.05, 4.69) is 31.0 Å². The summed E-state index contributed by atoms with van der Waals surface area (Å²) in [6, 6.07) is 4.27. The molecule has 0 saturated carbocycles. The zero-order valence-corrected chi connectivity index (χ0v) is 20.3. The fraction of sp³-hybridized carbons (Fsp3) is 0.720. The number of carbonyl (C=O) groups excluding carboxylic acids is 1. The Kier molecular flexibility index (Phi) is 10.6. The topological polar surface area (TPSA) is 60.0 Å². The molecular formula is C25H42N2O4. The minimum atomic E-state index is 0.0258. The zero-order chi connectivity index (χ0) is 22.8. The Bertz CT molecular complexity index is 684. The molecule has 2 rings (SSSR count). The van der Waals surface area contributed by atoms with E-state index in [-0.39, 0.29) is 24.1 Å². The van der Waals surface area contributed by atoms with Gasteiger partial charge in [-0.15, -0.1) is 0 Å². The van der Waals surface area contributed by atoms with E-state index in [1.807, 2.05) is 26.0 Å². The lowest BCUT2D eigenvalue weighted by Gasteiger charge is -2.38. The number of piperidine rings is 1. The first kappa shape index (κ1) is 25.5. The third-order valence-electron chi connectivity index (χ3n) is 5.49. The Labute approximate surface area is 188 Å². The van der Waals surface area contributed by atoms with Gasteiger partial charge in [-0.1, -0.05) is 13.3 Å².